The fraction of sp³-hybridized carbons (Fsp3) is 0.714. The molecule has 2 heterocycles. The monoisotopic (exact) mass is 366 g/mol. The Bertz CT molecular complexity index is 497. The van der Waals surface area contributed by atoms with Gasteiger partial charge in [-0.25, -0.2) is 0 Å². The van der Waals surface area contributed by atoms with E-state index in [1.165, 1.54) is 6.26 Å². The molecule has 0 spiro atoms. The molecule has 1 fully saturated rings. The van der Waals surface area contributed by atoms with Crippen LogP contribution in [0.4, 0.5) is 0 Å². The standard InChI is InChI=1S/C14H24O7P2/c1-5-19-23(15,20-6-2)13(12-8-7-9-16-12)21-22-17-10-14(3,4)11-18-22/h7-9,13H,5-6,10-11H2,1-4H3. The van der Waals surface area contributed by atoms with Crippen molar-refractivity contribution < 1.29 is 31.6 Å². The Kier molecular flexibility index (Phi) is 6.81. The van der Waals surface area contributed by atoms with Gasteiger partial charge in [0.1, 0.15) is 5.76 Å². The van der Waals surface area contributed by atoms with Gasteiger partial charge in [-0.2, -0.15) is 0 Å². The Labute approximate surface area is 138 Å². The van der Waals surface area contributed by atoms with Crippen LogP contribution in [0.1, 0.15) is 39.3 Å². The quantitative estimate of drug-likeness (QED) is 0.608. The molecule has 1 saturated heterocycles. The highest BCUT2D eigenvalue weighted by Crippen LogP contribution is 2.66. The van der Waals surface area contributed by atoms with E-state index < -0.39 is 22.0 Å². The lowest BCUT2D eigenvalue weighted by atomic mass is 9.97. The van der Waals surface area contributed by atoms with E-state index in [9.17, 15) is 4.57 Å². The van der Waals surface area contributed by atoms with Crippen LogP contribution in [-0.2, 0) is 27.2 Å². The van der Waals surface area contributed by atoms with Gasteiger partial charge in [-0.3, -0.25) is 9.09 Å². The van der Waals surface area contributed by atoms with Gasteiger partial charge >= 0.3 is 16.2 Å². The van der Waals surface area contributed by atoms with Gasteiger partial charge in [0.25, 0.3) is 0 Å². The summed E-state index contributed by atoms with van der Waals surface area (Å²) in [6.45, 7) is 9.01. The Morgan fingerprint density at radius 2 is 1.87 bits per heavy atom. The van der Waals surface area contributed by atoms with Crippen LogP contribution in [-0.4, -0.2) is 26.4 Å². The topological polar surface area (TPSA) is 76.4 Å². The zero-order valence-corrected chi connectivity index (χ0v) is 15.7. The van der Waals surface area contributed by atoms with Crippen LogP contribution in [0.5, 0.6) is 0 Å². The highest BCUT2D eigenvalue weighted by atomic mass is 31.2. The van der Waals surface area contributed by atoms with E-state index in [1.54, 1.807) is 26.0 Å². The third kappa shape index (κ3) is 5.10. The van der Waals surface area contributed by atoms with E-state index >= 15 is 0 Å². The van der Waals surface area contributed by atoms with Crippen molar-refractivity contribution in [3.8, 4) is 0 Å². The maximum Gasteiger partial charge on any atom is 0.367 e. The van der Waals surface area contributed by atoms with Crippen molar-refractivity contribution in [2.75, 3.05) is 26.4 Å². The molecule has 1 atom stereocenters. The van der Waals surface area contributed by atoms with E-state index in [0.29, 0.717) is 19.0 Å². The molecule has 0 radical (unpaired) electrons. The number of hydrogen-bond acceptors (Lipinski definition) is 7. The van der Waals surface area contributed by atoms with Crippen LogP contribution < -0.4 is 0 Å². The molecule has 1 unspecified atom stereocenters. The lowest BCUT2D eigenvalue weighted by Gasteiger charge is -2.34. The molecule has 9 heteroatoms. The minimum atomic E-state index is -3.58. The van der Waals surface area contributed by atoms with Gasteiger partial charge in [-0.05, 0) is 26.0 Å². The molecule has 0 aromatic carbocycles. The highest BCUT2D eigenvalue weighted by Gasteiger charge is 2.44. The normalized spacial score (nSPS) is 20.5. The Hall–Kier alpha value is -0.260. The fourth-order valence-electron chi connectivity index (χ4n) is 1.91. The summed E-state index contributed by atoms with van der Waals surface area (Å²) < 4.78 is 46.3. The summed E-state index contributed by atoms with van der Waals surface area (Å²) in [7, 11) is -5.23. The maximum absolute atomic E-state index is 13.1. The maximum atomic E-state index is 13.1. The average molecular weight is 366 g/mol. The lowest BCUT2D eigenvalue weighted by molar-refractivity contribution is 0.0174. The molecule has 0 bridgehead atoms. The minimum absolute atomic E-state index is 0.0775. The number of rotatable bonds is 8. The van der Waals surface area contributed by atoms with Crippen molar-refractivity contribution in [1.82, 2.24) is 0 Å². The minimum Gasteiger partial charge on any atom is -0.466 e. The van der Waals surface area contributed by atoms with Gasteiger partial charge in [0.15, 0.2) is 0 Å². The van der Waals surface area contributed by atoms with Crippen LogP contribution in [0.3, 0.4) is 0 Å². The Morgan fingerprint density at radius 1 is 1.26 bits per heavy atom. The van der Waals surface area contributed by atoms with Crippen LogP contribution in [0, 0.1) is 5.41 Å². The molecular weight excluding hydrogens is 342 g/mol. The van der Waals surface area contributed by atoms with Gasteiger partial charge in [0.2, 0.25) is 5.85 Å². The first-order valence-electron chi connectivity index (χ1n) is 7.55. The van der Waals surface area contributed by atoms with E-state index in [0.717, 1.165) is 0 Å². The molecule has 0 N–H and O–H groups in total. The molecule has 23 heavy (non-hydrogen) atoms. The molecular formula is C14H24O7P2. The summed E-state index contributed by atoms with van der Waals surface area (Å²) in [6.07, 6.45) is 1.48. The summed E-state index contributed by atoms with van der Waals surface area (Å²) in [5.41, 5.74) is -0.0775. The zero-order chi connectivity index (χ0) is 16.9. The molecule has 1 aliphatic rings. The zero-order valence-electron chi connectivity index (χ0n) is 13.9. The molecule has 1 aliphatic heterocycles. The summed E-state index contributed by atoms with van der Waals surface area (Å²) in [4.78, 5) is 0. The smallest absolute Gasteiger partial charge is 0.367 e. The van der Waals surface area contributed by atoms with Crippen LogP contribution >= 0.6 is 16.2 Å². The van der Waals surface area contributed by atoms with Gasteiger partial charge in [-0.1, -0.05) is 13.8 Å². The van der Waals surface area contributed by atoms with E-state index in [-0.39, 0.29) is 18.6 Å². The lowest BCUT2D eigenvalue weighted by Crippen LogP contribution is -2.28. The summed E-state index contributed by atoms with van der Waals surface area (Å²) in [6, 6.07) is 3.35. The van der Waals surface area contributed by atoms with E-state index in [4.69, 9.17) is 27.0 Å². The van der Waals surface area contributed by atoms with Crippen molar-refractivity contribution in [1.29, 1.82) is 0 Å². The molecule has 2 rings (SSSR count). The van der Waals surface area contributed by atoms with Crippen molar-refractivity contribution >= 4 is 16.2 Å². The number of hydrogen-bond donors (Lipinski definition) is 0. The molecule has 1 aromatic heterocycles. The molecule has 0 amide bonds. The fourth-order valence-corrected chi connectivity index (χ4v) is 5.50. The van der Waals surface area contributed by atoms with E-state index in [1.807, 2.05) is 13.8 Å². The van der Waals surface area contributed by atoms with Gasteiger partial charge in [-0.15, -0.1) is 0 Å². The second-order valence-corrected chi connectivity index (χ2v) is 9.02. The van der Waals surface area contributed by atoms with Gasteiger partial charge < -0.3 is 22.5 Å². The van der Waals surface area contributed by atoms with Crippen molar-refractivity contribution in [3.05, 3.63) is 24.2 Å². The second-order valence-electron chi connectivity index (χ2n) is 5.78. The molecule has 0 aliphatic carbocycles. The second kappa shape index (κ2) is 8.21. The van der Waals surface area contributed by atoms with Gasteiger partial charge in [0.05, 0.1) is 32.7 Å². The number of furan rings is 1. The van der Waals surface area contributed by atoms with Crippen LogP contribution in [0.2, 0.25) is 0 Å². The largest absolute Gasteiger partial charge is 0.466 e. The first-order valence-corrected chi connectivity index (χ1v) is 10.3. The van der Waals surface area contributed by atoms with Crippen molar-refractivity contribution in [2.24, 2.45) is 5.41 Å². The molecule has 132 valence electrons. The molecule has 1 aromatic rings. The molecule has 0 saturated carbocycles. The van der Waals surface area contributed by atoms with Gasteiger partial charge in [0, 0.05) is 5.41 Å². The van der Waals surface area contributed by atoms with Crippen LogP contribution in [0.15, 0.2) is 22.8 Å². The first-order chi connectivity index (χ1) is 10.9. The van der Waals surface area contributed by atoms with E-state index in [2.05, 4.69) is 0 Å². The summed E-state index contributed by atoms with van der Waals surface area (Å²) >= 11 is 0. The van der Waals surface area contributed by atoms with Crippen LogP contribution in [0.25, 0.3) is 0 Å². The highest BCUT2D eigenvalue weighted by molar-refractivity contribution is 7.54. The SMILES string of the molecule is CCOP(=O)(OCC)C(OP1OCC(C)(C)CO1)c1ccco1. The summed E-state index contributed by atoms with van der Waals surface area (Å²) in [5, 5.41) is 0. The summed E-state index contributed by atoms with van der Waals surface area (Å²) in [5.74, 6) is -0.667. The first kappa shape index (κ1) is 19.1. The predicted octanol–water partition coefficient (Wildman–Crippen LogP) is 4.86. The third-order valence-corrected chi connectivity index (χ3v) is 6.40. The predicted molar refractivity (Wildman–Crippen MR) is 86.0 cm³/mol. The molecule has 7 nitrogen and oxygen atoms in total. The Balaban J connectivity index is 2.16. The Morgan fingerprint density at radius 3 is 2.35 bits per heavy atom. The van der Waals surface area contributed by atoms with Crippen molar-refractivity contribution in [2.45, 2.75) is 33.5 Å². The van der Waals surface area contributed by atoms with Crippen molar-refractivity contribution in [3.63, 3.8) is 0 Å². The third-order valence-electron chi connectivity index (χ3n) is 3.00. The average Bonchev–Trinajstić information content (AvgIpc) is 3.00.